The first-order valence-corrected chi connectivity index (χ1v) is 5.49. The van der Waals surface area contributed by atoms with Crippen molar-refractivity contribution in [2.75, 3.05) is 26.2 Å². The first-order chi connectivity index (χ1) is 6.77. The lowest BCUT2D eigenvalue weighted by atomic mass is 10.2. The van der Waals surface area contributed by atoms with E-state index in [0.717, 1.165) is 39.0 Å². The zero-order chi connectivity index (χ0) is 9.97. The maximum Gasteiger partial charge on any atom is 0.407 e. The summed E-state index contributed by atoms with van der Waals surface area (Å²) in [5.41, 5.74) is 0. The zero-order valence-corrected chi connectivity index (χ0v) is 8.48. The summed E-state index contributed by atoms with van der Waals surface area (Å²) in [4.78, 5) is 14.9. The van der Waals surface area contributed by atoms with Crippen molar-refractivity contribution in [1.82, 2.24) is 9.80 Å². The first kappa shape index (κ1) is 9.77. The standard InChI is InChI=1S/C10H18N2O2/c13-10(14)12-7-3-4-9(12)8-11-5-1-2-6-11/h9H,1-8H2,(H,13,14)/t9-/m0/s1. The van der Waals surface area contributed by atoms with Crippen LogP contribution in [0.3, 0.4) is 0 Å². The third-order valence-electron chi connectivity index (χ3n) is 3.29. The van der Waals surface area contributed by atoms with Gasteiger partial charge < -0.3 is 14.9 Å². The summed E-state index contributed by atoms with van der Waals surface area (Å²) in [5.74, 6) is 0. The van der Waals surface area contributed by atoms with E-state index in [4.69, 9.17) is 5.11 Å². The average Bonchev–Trinajstić information content (AvgIpc) is 2.75. The number of nitrogens with zero attached hydrogens (tertiary/aromatic N) is 2. The predicted octanol–water partition coefficient (Wildman–Crippen LogP) is 1.22. The Morgan fingerprint density at radius 1 is 1.21 bits per heavy atom. The summed E-state index contributed by atoms with van der Waals surface area (Å²) in [7, 11) is 0. The van der Waals surface area contributed by atoms with Gasteiger partial charge in [0.1, 0.15) is 0 Å². The van der Waals surface area contributed by atoms with Crippen molar-refractivity contribution >= 4 is 6.09 Å². The molecule has 14 heavy (non-hydrogen) atoms. The molecule has 2 heterocycles. The molecule has 80 valence electrons. The number of hydrogen-bond acceptors (Lipinski definition) is 2. The molecular formula is C10H18N2O2. The number of hydrogen-bond donors (Lipinski definition) is 1. The second-order valence-corrected chi connectivity index (χ2v) is 4.28. The van der Waals surface area contributed by atoms with Gasteiger partial charge in [0.05, 0.1) is 0 Å². The van der Waals surface area contributed by atoms with Gasteiger partial charge >= 0.3 is 6.09 Å². The van der Waals surface area contributed by atoms with E-state index in [2.05, 4.69) is 4.90 Å². The minimum Gasteiger partial charge on any atom is -0.465 e. The first-order valence-electron chi connectivity index (χ1n) is 5.49. The van der Waals surface area contributed by atoms with E-state index >= 15 is 0 Å². The molecule has 0 aromatic rings. The molecule has 0 radical (unpaired) electrons. The van der Waals surface area contributed by atoms with Crippen molar-refractivity contribution < 1.29 is 9.90 Å². The zero-order valence-electron chi connectivity index (χ0n) is 8.48. The third-order valence-corrected chi connectivity index (χ3v) is 3.29. The average molecular weight is 198 g/mol. The maximum absolute atomic E-state index is 10.9. The van der Waals surface area contributed by atoms with Gasteiger partial charge in [0.25, 0.3) is 0 Å². The molecule has 0 saturated carbocycles. The number of likely N-dealkylation sites (tertiary alicyclic amines) is 2. The molecule has 0 aromatic heterocycles. The van der Waals surface area contributed by atoms with Crippen molar-refractivity contribution in [3.8, 4) is 0 Å². The molecule has 4 nitrogen and oxygen atoms in total. The van der Waals surface area contributed by atoms with Gasteiger partial charge in [-0.3, -0.25) is 0 Å². The van der Waals surface area contributed by atoms with Crippen LogP contribution in [0.15, 0.2) is 0 Å². The highest BCUT2D eigenvalue weighted by molar-refractivity contribution is 5.65. The van der Waals surface area contributed by atoms with Crippen LogP contribution in [0.1, 0.15) is 25.7 Å². The van der Waals surface area contributed by atoms with Crippen molar-refractivity contribution in [3.63, 3.8) is 0 Å². The Hall–Kier alpha value is -0.770. The van der Waals surface area contributed by atoms with Crippen LogP contribution in [0.25, 0.3) is 0 Å². The molecule has 2 fully saturated rings. The largest absolute Gasteiger partial charge is 0.465 e. The Bertz CT molecular complexity index is 214. The fourth-order valence-electron chi connectivity index (χ4n) is 2.54. The fraction of sp³-hybridized carbons (Fsp3) is 0.900. The van der Waals surface area contributed by atoms with Crippen LogP contribution < -0.4 is 0 Å². The monoisotopic (exact) mass is 198 g/mol. The highest BCUT2D eigenvalue weighted by atomic mass is 16.4. The van der Waals surface area contributed by atoms with E-state index in [1.54, 1.807) is 4.90 Å². The normalized spacial score (nSPS) is 28.6. The van der Waals surface area contributed by atoms with Crippen LogP contribution in [0.2, 0.25) is 0 Å². The van der Waals surface area contributed by atoms with Crippen molar-refractivity contribution in [2.24, 2.45) is 0 Å². The second-order valence-electron chi connectivity index (χ2n) is 4.28. The SMILES string of the molecule is O=C(O)N1CCC[C@H]1CN1CCCC1. The van der Waals surface area contributed by atoms with Crippen molar-refractivity contribution in [1.29, 1.82) is 0 Å². The Morgan fingerprint density at radius 3 is 2.57 bits per heavy atom. The molecule has 0 unspecified atom stereocenters. The predicted molar refractivity (Wildman–Crippen MR) is 53.4 cm³/mol. The Balaban J connectivity index is 1.86. The third kappa shape index (κ3) is 2.00. The molecule has 0 aromatic carbocycles. The Kier molecular flexibility index (Phi) is 2.91. The highest BCUT2D eigenvalue weighted by Gasteiger charge is 2.30. The lowest BCUT2D eigenvalue weighted by molar-refractivity contribution is 0.129. The van der Waals surface area contributed by atoms with Crippen molar-refractivity contribution in [2.45, 2.75) is 31.7 Å². The van der Waals surface area contributed by atoms with Gasteiger partial charge in [0, 0.05) is 19.1 Å². The lowest BCUT2D eigenvalue weighted by Crippen LogP contribution is -2.41. The maximum atomic E-state index is 10.9. The Labute approximate surface area is 84.5 Å². The summed E-state index contributed by atoms with van der Waals surface area (Å²) >= 11 is 0. The summed E-state index contributed by atoms with van der Waals surface area (Å²) in [6.07, 6.45) is 3.89. The molecule has 2 aliphatic heterocycles. The smallest absolute Gasteiger partial charge is 0.407 e. The van der Waals surface area contributed by atoms with Crippen molar-refractivity contribution in [3.05, 3.63) is 0 Å². The van der Waals surface area contributed by atoms with Crippen LogP contribution in [-0.2, 0) is 0 Å². The van der Waals surface area contributed by atoms with Gasteiger partial charge in [-0.15, -0.1) is 0 Å². The molecule has 2 saturated heterocycles. The molecule has 1 N–H and O–H groups in total. The molecule has 1 amide bonds. The topological polar surface area (TPSA) is 43.8 Å². The van der Waals surface area contributed by atoms with Gasteiger partial charge in [0.2, 0.25) is 0 Å². The van der Waals surface area contributed by atoms with Gasteiger partial charge in [-0.25, -0.2) is 4.79 Å². The van der Waals surface area contributed by atoms with Crippen LogP contribution in [0.4, 0.5) is 4.79 Å². The molecule has 1 atom stereocenters. The minimum absolute atomic E-state index is 0.255. The minimum atomic E-state index is -0.744. The van der Waals surface area contributed by atoms with E-state index in [1.807, 2.05) is 0 Å². The molecule has 0 bridgehead atoms. The van der Waals surface area contributed by atoms with E-state index in [1.165, 1.54) is 12.8 Å². The number of amides is 1. The highest BCUT2D eigenvalue weighted by Crippen LogP contribution is 2.20. The number of carbonyl (C=O) groups is 1. The molecule has 4 heteroatoms. The second kappa shape index (κ2) is 4.17. The summed E-state index contributed by atoms with van der Waals surface area (Å²) in [5, 5.41) is 8.96. The van der Waals surface area contributed by atoms with Crippen LogP contribution in [0, 0.1) is 0 Å². The van der Waals surface area contributed by atoms with Gasteiger partial charge in [-0.1, -0.05) is 0 Å². The lowest BCUT2D eigenvalue weighted by Gasteiger charge is -2.26. The van der Waals surface area contributed by atoms with E-state index in [0.29, 0.717) is 0 Å². The molecule has 2 rings (SSSR count). The summed E-state index contributed by atoms with van der Waals surface area (Å²) in [6, 6.07) is 0.255. The number of carboxylic acid groups (broad SMARTS) is 1. The van der Waals surface area contributed by atoms with Gasteiger partial charge in [0.15, 0.2) is 0 Å². The van der Waals surface area contributed by atoms with Crippen LogP contribution in [0.5, 0.6) is 0 Å². The molecular weight excluding hydrogens is 180 g/mol. The molecule has 0 spiro atoms. The summed E-state index contributed by atoms with van der Waals surface area (Å²) in [6.45, 7) is 3.99. The van der Waals surface area contributed by atoms with E-state index in [9.17, 15) is 4.79 Å². The fourth-order valence-corrected chi connectivity index (χ4v) is 2.54. The number of rotatable bonds is 2. The quantitative estimate of drug-likeness (QED) is 0.725. The van der Waals surface area contributed by atoms with Gasteiger partial charge in [-0.05, 0) is 38.8 Å². The molecule has 2 aliphatic rings. The Morgan fingerprint density at radius 2 is 1.93 bits per heavy atom. The summed E-state index contributed by atoms with van der Waals surface area (Å²) < 4.78 is 0. The van der Waals surface area contributed by atoms with E-state index in [-0.39, 0.29) is 6.04 Å². The van der Waals surface area contributed by atoms with E-state index < -0.39 is 6.09 Å². The molecule has 0 aliphatic carbocycles. The van der Waals surface area contributed by atoms with Crippen LogP contribution >= 0.6 is 0 Å². The van der Waals surface area contributed by atoms with Crippen LogP contribution in [-0.4, -0.2) is 53.2 Å². The van der Waals surface area contributed by atoms with Gasteiger partial charge in [-0.2, -0.15) is 0 Å².